The molecule has 3 atom stereocenters. The summed E-state index contributed by atoms with van der Waals surface area (Å²) < 4.78 is 29.2. The molecule has 41 heavy (non-hydrogen) atoms. The predicted molar refractivity (Wildman–Crippen MR) is 151 cm³/mol. The first-order chi connectivity index (χ1) is 19.2. The highest BCUT2D eigenvalue weighted by molar-refractivity contribution is 6.62. The first-order valence-electron chi connectivity index (χ1n) is 13.7. The Bertz CT molecular complexity index is 1590. The number of carbonyl (C=O) groups excluding carboxylic acids is 3. The Balaban J connectivity index is 1.23. The van der Waals surface area contributed by atoms with Crippen molar-refractivity contribution in [3.05, 3.63) is 54.0 Å². The number of nitrogens with zero attached hydrogens (tertiary/aromatic N) is 3. The summed E-state index contributed by atoms with van der Waals surface area (Å²) in [6.07, 6.45) is 1.24. The summed E-state index contributed by atoms with van der Waals surface area (Å²) >= 11 is 0. The number of nitrogens with one attached hydrogen (secondary N) is 1. The summed E-state index contributed by atoms with van der Waals surface area (Å²) in [5.41, 5.74) is 4.87. The number of aromatic nitrogens is 2. The molecule has 3 aromatic rings. The highest BCUT2D eigenvalue weighted by atomic mass is 19.1. The number of rotatable bonds is 6. The van der Waals surface area contributed by atoms with Gasteiger partial charge in [-0.05, 0) is 58.1 Å². The van der Waals surface area contributed by atoms with E-state index in [1.165, 1.54) is 10.7 Å². The van der Waals surface area contributed by atoms with Crippen molar-refractivity contribution in [1.29, 1.82) is 0 Å². The molecule has 0 unspecified atom stereocenters. The molecule has 1 aliphatic carbocycles. The summed E-state index contributed by atoms with van der Waals surface area (Å²) in [6, 6.07) is 10.8. The Morgan fingerprint density at radius 3 is 2.41 bits per heavy atom. The fourth-order valence-electron chi connectivity index (χ4n) is 6.01. The van der Waals surface area contributed by atoms with Gasteiger partial charge in [-0.25, -0.2) is 4.39 Å². The van der Waals surface area contributed by atoms with E-state index in [-0.39, 0.29) is 40.8 Å². The molecule has 6 rings (SSSR count). The van der Waals surface area contributed by atoms with E-state index in [1.54, 1.807) is 41.3 Å². The van der Waals surface area contributed by atoms with Gasteiger partial charge in [0.15, 0.2) is 5.69 Å². The number of anilines is 1. The number of benzene rings is 2. The average Bonchev–Trinajstić information content (AvgIpc) is 3.15. The zero-order valence-electron chi connectivity index (χ0n) is 23.7. The van der Waals surface area contributed by atoms with Gasteiger partial charge >= 0.3 is 7.12 Å². The van der Waals surface area contributed by atoms with Crippen molar-refractivity contribution in [3.63, 3.8) is 0 Å². The van der Waals surface area contributed by atoms with Crippen molar-refractivity contribution >= 4 is 46.9 Å². The minimum Gasteiger partial charge on any atom is -0.399 e. The van der Waals surface area contributed by atoms with Gasteiger partial charge in [0.1, 0.15) is 18.4 Å². The predicted octanol–water partition coefficient (Wildman–Crippen LogP) is 2.59. The van der Waals surface area contributed by atoms with E-state index in [2.05, 4.69) is 10.4 Å². The Hall–Kier alpha value is -3.77. The molecule has 3 aliphatic rings. The van der Waals surface area contributed by atoms with E-state index < -0.39 is 42.0 Å². The molecule has 0 bridgehead atoms. The van der Waals surface area contributed by atoms with Gasteiger partial charge in [0.25, 0.3) is 5.91 Å². The Morgan fingerprint density at radius 1 is 1.05 bits per heavy atom. The van der Waals surface area contributed by atoms with Crippen molar-refractivity contribution in [2.24, 2.45) is 11.1 Å². The van der Waals surface area contributed by atoms with Crippen LogP contribution in [-0.2, 0) is 25.4 Å². The van der Waals surface area contributed by atoms with E-state index in [0.717, 1.165) is 6.42 Å². The molecule has 214 valence electrons. The third-order valence-corrected chi connectivity index (χ3v) is 9.20. The quantitative estimate of drug-likeness (QED) is 0.446. The van der Waals surface area contributed by atoms with Gasteiger partial charge < -0.3 is 25.3 Å². The normalized spacial score (nSPS) is 25.8. The van der Waals surface area contributed by atoms with Crippen LogP contribution in [0.15, 0.2) is 42.5 Å². The van der Waals surface area contributed by atoms with Gasteiger partial charge in [-0.3, -0.25) is 19.1 Å². The molecule has 12 heteroatoms. The van der Waals surface area contributed by atoms with Crippen LogP contribution >= 0.6 is 0 Å². The molecule has 3 amide bonds. The number of piperidine rings is 1. The molecule has 10 nitrogen and oxygen atoms in total. The first kappa shape index (κ1) is 27.4. The number of carbonyl (C=O) groups is 3. The number of amides is 3. The topological polar surface area (TPSA) is 129 Å². The summed E-state index contributed by atoms with van der Waals surface area (Å²) in [5, 5.41) is 7.56. The summed E-state index contributed by atoms with van der Waals surface area (Å²) in [6.45, 7) is 9.41. The highest BCUT2D eigenvalue weighted by Crippen LogP contribution is 2.59. The molecule has 3 heterocycles. The van der Waals surface area contributed by atoms with Gasteiger partial charge in [0.2, 0.25) is 11.8 Å². The standard InChI is InChI=1S/C29H33BFN5O5/c1-27(2)28(3,4)41-30(40-27)17-10-8-11-18(23(17)31)33-26(39)20-13-29(5)14-21(29)36(20)22(37)15-35-19-12-7-6-9-16(19)24(34-35)25(32)38/h6-12,20-21H,13-15H2,1-5H3,(H2,32,38)(H,33,39)/t20-,21+,29-/m0/s1. The van der Waals surface area contributed by atoms with Crippen molar-refractivity contribution in [2.45, 2.75) is 77.3 Å². The maximum absolute atomic E-state index is 15.7. The number of fused-ring (bicyclic) bond motifs is 2. The second kappa shape index (κ2) is 9.12. The largest absolute Gasteiger partial charge is 0.497 e. The molecule has 2 aromatic carbocycles. The number of hydrogen-bond donors (Lipinski definition) is 2. The number of likely N-dealkylation sites (tertiary alicyclic amines) is 1. The lowest BCUT2D eigenvalue weighted by atomic mass is 9.78. The molecule has 2 aliphatic heterocycles. The Kier molecular flexibility index (Phi) is 6.10. The fourth-order valence-corrected chi connectivity index (χ4v) is 6.01. The lowest BCUT2D eigenvalue weighted by Crippen LogP contribution is -2.47. The second-order valence-corrected chi connectivity index (χ2v) is 12.6. The third-order valence-electron chi connectivity index (χ3n) is 9.20. The number of para-hydroxylation sites is 1. The lowest BCUT2D eigenvalue weighted by Gasteiger charge is -2.32. The van der Waals surface area contributed by atoms with Crippen molar-refractivity contribution in [2.75, 3.05) is 5.32 Å². The van der Waals surface area contributed by atoms with Crippen LogP contribution < -0.4 is 16.5 Å². The van der Waals surface area contributed by atoms with Gasteiger partial charge in [-0.1, -0.05) is 37.3 Å². The minimum absolute atomic E-state index is 0.00971. The maximum Gasteiger partial charge on any atom is 0.497 e. The molecule has 1 aromatic heterocycles. The first-order valence-corrected chi connectivity index (χ1v) is 13.7. The van der Waals surface area contributed by atoms with Crippen LogP contribution in [-0.4, -0.2) is 62.8 Å². The number of hydrogen-bond acceptors (Lipinski definition) is 6. The van der Waals surface area contributed by atoms with Gasteiger partial charge in [-0.15, -0.1) is 0 Å². The third kappa shape index (κ3) is 4.40. The number of nitrogens with two attached hydrogens (primary N) is 1. The summed E-state index contributed by atoms with van der Waals surface area (Å²) in [7, 11) is -0.929. The van der Waals surface area contributed by atoms with Gasteiger partial charge in [-0.2, -0.15) is 5.10 Å². The van der Waals surface area contributed by atoms with Crippen molar-refractivity contribution < 1.29 is 28.1 Å². The molecule has 0 radical (unpaired) electrons. The molecule has 1 saturated carbocycles. The van der Waals surface area contributed by atoms with Crippen LogP contribution in [0.4, 0.5) is 10.1 Å². The smallest absolute Gasteiger partial charge is 0.399 e. The number of halogens is 1. The van der Waals surface area contributed by atoms with Crippen LogP contribution in [0, 0.1) is 11.2 Å². The van der Waals surface area contributed by atoms with Gasteiger partial charge in [0, 0.05) is 16.9 Å². The highest BCUT2D eigenvalue weighted by Gasteiger charge is 2.64. The molecular formula is C29H33BFN5O5. The van der Waals surface area contributed by atoms with Crippen LogP contribution in [0.3, 0.4) is 0 Å². The zero-order chi connectivity index (χ0) is 29.5. The van der Waals surface area contributed by atoms with E-state index >= 15 is 4.39 Å². The SMILES string of the molecule is CC1(C)OB(c2cccc(NC(=O)[C@@H]3C[C@@]4(C)C[C@H]4N3C(=O)Cn3nc(C(N)=O)c4ccccc43)c2F)OC1(C)C. The molecule has 0 spiro atoms. The van der Waals surface area contributed by atoms with E-state index in [9.17, 15) is 14.4 Å². The van der Waals surface area contributed by atoms with Crippen LogP contribution in [0.5, 0.6) is 0 Å². The lowest BCUT2D eigenvalue weighted by molar-refractivity contribution is -0.138. The summed E-state index contributed by atoms with van der Waals surface area (Å²) in [5.74, 6) is -2.12. The molecular weight excluding hydrogens is 528 g/mol. The van der Waals surface area contributed by atoms with Gasteiger partial charge in [0.05, 0.1) is 22.4 Å². The van der Waals surface area contributed by atoms with Crippen LogP contribution in [0.25, 0.3) is 10.9 Å². The maximum atomic E-state index is 15.7. The molecule has 3 N–H and O–H groups in total. The molecule has 3 fully saturated rings. The van der Waals surface area contributed by atoms with E-state index in [4.69, 9.17) is 15.0 Å². The molecule has 2 saturated heterocycles. The fraction of sp³-hybridized carbons (Fsp3) is 0.448. The monoisotopic (exact) mass is 561 g/mol. The zero-order valence-corrected chi connectivity index (χ0v) is 23.7. The average molecular weight is 561 g/mol. The number of primary amides is 1. The second-order valence-electron chi connectivity index (χ2n) is 12.6. The minimum atomic E-state index is -0.929. The Morgan fingerprint density at radius 2 is 1.73 bits per heavy atom. The van der Waals surface area contributed by atoms with E-state index in [0.29, 0.717) is 17.3 Å². The van der Waals surface area contributed by atoms with Crippen molar-refractivity contribution in [1.82, 2.24) is 14.7 Å². The summed E-state index contributed by atoms with van der Waals surface area (Å²) in [4.78, 5) is 40.8. The van der Waals surface area contributed by atoms with Crippen LogP contribution in [0.1, 0.15) is 57.9 Å². The van der Waals surface area contributed by atoms with Crippen molar-refractivity contribution in [3.8, 4) is 0 Å². The van der Waals surface area contributed by atoms with E-state index in [1.807, 2.05) is 34.6 Å². The Labute approximate surface area is 237 Å². The van der Waals surface area contributed by atoms with Crippen LogP contribution in [0.2, 0.25) is 0 Å².